The molecule has 152 valence electrons. The molecule has 0 saturated heterocycles. The SMILES string of the molecule is Cn1ncc(-c2ccccc2)c1NC(=O)c1cncc2c1cnn2-c1ccc(F)cc1. The lowest BCUT2D eigenvalue weighted by molar-refractivity contribution is 0.102. The molecule has 0 aliphatic heterocycles. The number of anilines is 1. The van der Waals surface area contributed by atoms with Crippen molar-refractivity contribution in [3.05, 3.63) is 90.8 Å². The molecule has 2 aromatic carbocycles. The van der Waals surface area contributed by atoms with Gasteiger partial charge in [0, 0.05) is 24.2 Å². The summed E-state index contributed by atoms with van der Waals surface area (Å²) >= 11 is 0. The molecule has 3 heterocycles. The second kappa shape index (κ2) is 7.49. The zero-order valence-corrected chi connectivity index (χ0v) is 16.5. The number of benzene rings is 2. The molecular formula is C23H17FN6O. The Morgan fingerprint density at radius 1 is 0.935 bits per heavy atom. The number of hydrogen-bond acceptors (Lipinski definition) is 4. The highest BCUT2D eigenvalue weighted by atomic mass is 19.1. The number of hydrogen-bond donors (Lipinski definition) is 1. The summed E-state index contributed by atoms with van der Waals surface area (Å²) in [5.74, 6) is -0.0690. The van der Waals surface area contributed by atoms with E-state index in [1.165, 1.54) is 18.3 Å². The van der Waals surface area contributed by atoms with Gasteiger partial charge in [-0.25, -0.2) is 9.07 Å². The van der Waals surface area contributed by atoms with Gasteiger partial charge in [-0.05, 0) is 29.8 Å². The molecule has 0 spiro atoms. The van der Waals surface area contributed by atoms with Crippen LogP contribution in [-0.4, -0.2) is 30.5 Å². The van der Waals surface area contributed by atoms with E-state index < -0.39 is 0 Å². The number of fused-ring (bicyclic) bond motifs is 1. The summed E-state index contributed by atoms with van der Waals surface area (Å²) in [7, 11) is 1.77. The Hall–Kier alpha value is -4.33. The average Bonchev–Trinajstić information content (AvgIpc) is 3.39. The summed E-state index contributed by atoms with van der Waals surface area (Å²) in [6, 6.07) is 15.7. The first-order chi connectivity index (χ1) is 15.1. The largest absolute Gasteiger partial charge is 0.306 e. The molecule has 0 aliphatic carbocycles. The summed E-state index contributed by atoms with van der Waals surface area (Å²) in [6.07, 6.45) is 6.46. The Bertz CT molecular complexity index is 1390. The van der Waals surface area contributed by atoms with Gasteiger partial charge >= 0.3 is 0 Å². The maximum absolute atomic E-state index is 13.3. The molecule has 1 N–H and O–H groups in total. The fraction of sp³-hybridized carbons (Fsp3) is 0.0435. The van der Waals surface area contributed by atoms with E-state index in [4.69, 9.17) is 0 Å². The van der Waals surface area contributed by atoms with Crippen molar-refractivity contribution in [2.75, 3.05) is 5.32 Å². The minimum absolute atomic E-state index is 0.322. The number of nitrogens with one attached hydrogen (secondary N) is 1. The van der Waals surface area contributed by atoms with Crippen LogP contribution < -0.4 is 5.32 Å². The van der Waals surface area contributed by atoms with E-state index in [0.29, 0.717) is 28.0 Å². The fourth-order valence-corrected chi connectivity index (χ4v) is 3.50. The lowest BCUT2D eigenvalue weighted by Crippen LogP contribution is -2.16. The van der Waals surface area contributed by atoms with Crippen LogP contribution >= 0.6 is 0 Å². The number of pyridine rings is 1. The van der Waals surface area contributed by atoms with Crippen LogP contribution in [0.3, 0.4) is 0 Å². The Morgan fingerprint density at radius 2 is 1.71 bits per heavy atom. The van der Waals surface area contributed by atoms with Crippen LogP contribution in [0.2, 0.25) is 0 Å². The number of carbonyl (C=O) groups is 1. The van der Waals surface area contributed by atoms with E-state index in [9.17, 15) is 9.18 Å². The van der Waals surface area contributed by atoms with Gasteiger partial charge in [-0.2, -0.15) is 10.2 Å². The van der Waals surface area contributed by atoms with Crippen LogP contribution in [0, 0.1) is 5.82 Å². The van der Waals surface area contributed by atoms with Crippen molar-refractivity contribution in [1.29, 1.82) is 0 Å². The molecule has 5 rings (SSSR count). The van der Waals surface area contributed by atoms with Gasteiger partial charge in [-0.15, -0.1) is 0 Å². The zero-order valence-electron chi connectivity index (χ0n) is 16.5. The van der Waals surface area contributed by atoms with Crippen molar-refractivity contribution in [3.63, 3.8) is 0 Å². The number of nitrogens with zero attached hydrogens (tertiary/aromatic N) is 5. The van der Waals surface area contributed by atoms with Crippen molar-refractivity contribution in [3.8, 4) is 16.8 Å². The predicted octanol–water partition coefficient (Wildman–Crippen LogP) is 4.21. The first kappa shape index (κ1) is 18.7. The monoisotopic (exact) mass is 412 g/mol. The summed E-state index contributed by atoms with van der Waals surface area (Å²) < 4.78 is 16.5. The third kappa shape index (κ3) is 3.33. The zero-order chi connectivity index (χ0) is 21.4. The number of aromatic nitrogens is 5. The van der Waals surface area contributed by atoms with E-state index in [1.807, 2.05) is 30.3 Å². The lowest BCUT2D eigenvalue weighted by atomic mass is 10.1. The smallest absolute Gasteiger partial charge is 0.259 e. The molecular weight excluding hydrogens is 395 g/mol. The molecule has 5 aromatic rings. The highest BCUT2D eigenvalue weighted by Crippen LogP contribution is 2.28. The Labute approximate surface area is 176 Å². The maximum Gasteiger partial charge on any atom is 0.259 e. The molecule has 0 radical (unpaired) electrons. The molecule has 0 aliphatic rings. The highest BCUT2D eigenvalue weighted by Gasteiger charge is 2.18. The van der Waals surface area contributed by atoms with Crippen molar-refractivity contribution >= 4 is 22.6 Å². The van der Waals surface area contributed by atoms with E-state index in [0.717, 1.165) is 11.1 Å². The maximum atomic E-state index is 13.3. The first-order valence-electron chi connectivity index (χ1n) is 9.58. The number of amides is 1. The molecule has 31 heavy (non-hydrogen) atoms. The average molecular weight is 412 g/mol. The predicted molar refractivity (Wildman–Crippen MR) is 115 cm³/mol. The summed E-state index contributed by atoms with van der Waals surface area (Å²) in [5, 5.41) is 12.3. The number of rotatable bonds is 4. The number of carbonyl (C=O) groups excluding carboxylic acids is 1. The quantitative estimate of drug-likeness (QED) is 0.480. The minimum atomic E-state index is -0.330. The van der Waals surface area contributed by atoms with Crippen LogP contribution in [-0.2, 0) is 7.05 Å². The molecule has 0 fully saturated rings. The van der Waals surface area contributed by atoms with Crippen molar-refractivity contribution < 1.29 is 9.18 Å². The van der Waals surface area contributed by atoms with Crippen LogP contribution in [0.15, 0.2) is 79.4 Å². The highest BCUT2D eigenvalue weighted by molar-refractivity contribution is 6.12. The standard InChI is InChI=1S/C23H17FN6O/c1-29-22(18(12-26-29)15-5-3-2-4-6-15)28-23(31)20-11-25-14-21-19(20)13-27-30(21)17-9-7-16(24)8-10-17/h2-14H,1H3,(H,28,31). The molecule has 0 unspecified atom stereocenters. The van der Waals surface area contributed by atoms with Crippen LogP contribution in [0.25, 0.3) is 27.7 Å². The topological polar surface area (TPSA) is 77.6 Å². The number of halogens is 1. The molecule has 7 nitrogen and oxygen atoms in total. The van der Waals surface area contributed by atoms with Gasteiger partial charge in [0.2, 0.25) is 0 Å². The molecule has 0 atom stereocenters. The normalized spacial score (nSPS) is 11.0. The van der Waals surface area contributed by atoms with Crippen LogP contribution in [0.4, 0.5) is 10.2 Å². The Balaban J connectivity index is 1.52. The lowest BCUT2D eigenvalue weighted by Gasteiger charge is -2.09. The summed E-state index contributed by atoms with van der Waals surface area (Å²) in [5.41, 5.74) is 3.47. The van der Waals surface area contributed by atoms with Crippen LogP contribution in [0.5, 0.6) is 0 Å². The van der Waals surface area contributed by atoms with Gasteiger partial charge in [0.25, 0.3) is 5.91 Å². The van der Waals surface area contributed by atoms with Crippen molar-refractivity contribution in [2.24, 2.45) is 7.05 Å². The van der Waals surface area contributed by atoms with Crippen molar-refractivity contribution in [2.45, 2.75) is 0 Å². The Morgan fingerprint density at radius 3 is 2.48 bits per heavy atom. The Kier molecular flexibility index (Phi) is 4.51. The molecule has 8 heteroatoms. The molecule has 1 amide bonds. The van der Waals surface area contributed by atoms with Gasteiger partial charge in [0.1, 0.15) is 11.6 Å². The van der Waals surface area contributed by atoms with Crippen molar-refractivity contribution in [1.82, 2.24) is 24.5 Å². The number of aryl methyl sites for hydroxylation is 1. The minimum Gasteiger partial charge on any atom is -0.306 e. The van der Waals surface area contributed by atoms with Crippen LogP contribution in [0.1, 0.15) is 10.4 Å². The van der Waals surface area contributed by atoms with E-state index in [2.05, 4.69) is 20.5 Å². The first-order valence-corrected chi connectivity index (χ1v) is 9.58. The van der Waals surface area contributed by atoms with Gasteiger partial charge in [-0.3, -0.25) is 14.5 Å². The van der Waals surface area contributed by atoms with Gasteiger partial charge < -0.3 is 5.32 Å². The molecule has 0 bridgehead atoms. The summed E-state index contributed by atoms with van der Waals surface area (Å²) in [6.45, 7) is 0. The van der Waals surface area contributed by atoms with E-state index in [1.54, 1.807) is 47.1 Å². The molecule has 0 saturated carbocycles. The van der Waals surface area contributed by atoms with Gasteiger partial charge in [-0.1, -0.05) is 30.3 Å². The van der Waals surface area contributed by atoms with E-state index >= 15 is 0 Å². The van der Waals surface area contributed by atoms with Gasteiger partial charge in [0.05, 0.1) is 35.4 Å². The van der Waals surface area contributed by atoms with Gasteiger partial charge in [0.15, 0.2) is 0 Å². The second-order valence-electron chi connectivity index (χ2n) is 7.00. The van der Waals surface area contributed by atoms with E-state index in [-0.39, 0.29) is 11.7 Å². The molecule has 3 aromatic heterocycles. The second-order valence-corrected chi connectivity index (χ2v) is 7.00. The fourth-order valence-electron chi connectivity index (χ4n) is 3.50. The summed E-state index contributed by atoms with van der Waals surface area (Å²) in [4.78, 5) is 17.4. The third-order valence-electron chi connectivity index (χ3n) is 5.07. The third-order valence-corrected chi connectivity index (χ3v) is 5.07.